The van der Waals surface area contributed by atoms with Gasteiger partial charge in [-0.1, -0.05) is 39.0 Å². The highest BCUT2D eigenvalue weighted by Gasteiger charge is 2.40. The van der Waals surface area contributed by atoms with Crippen LogP contribution in [0.3, 0.4) is 0 Å². The summed E-state index contributed by atoms with van der Waals surface area (Å²) < 4.78 is 38.3. The maximum Gasteiger partial charge on any atom is 0.243 e. The lowest BCUT2D eigenvalue weighted by molar-refractivity contribution is -0.132. The fourth-order valence-corrected chi connectivity index (χ4v) is 5.51. The molecule has 4 rings (SSSR count). The Morgan fingerprint density at radius 1 is 1.06 bits per heavy atom. The van der Waals surface area contributed by atoms with E-state index in [4.69, 9.17) is 9.47 Å². The van der Waals surface area contributed by atoms with E-state index in [0.29, 0.717) is 54.8 Å². The number of ether oxygens (including phenoxy) is 2. The number of benzene rings is 2. The molecule has 0 radical (unpaired) electrons. The summed E-state index contributed by atoms with van der Waals surface area (Å²) in [5.74, 6) is 1.68. The maximum atomic E-state index is 13.1. The molecule has 2 heterocycles. The molecule has 32 heavy (non-hydrogen) atoms. The average Bonchev–Trinajstić information content (AvgIpc) is 3.25. The van der Waals surface area contributed by atoms with Crippen LogP contribution in [0.25, 0.3) is 0 Å². The summed E-state index contributed by atoms with van der Waals surface area (Å²) >= 11 is 0. The van der Waals surface area contributed by atoms with Gasteiger partial charge in [0.2, 0.25) is 22.7 Å². The van der Waals surface area contributed by atoms with Crippen molar-refractivity contribution in [3.63, 3.8) is 0 Å². The Kier molecular flexibility index (Phi) is 6.18. The second kappa shape index (κ2) is 8.75. The first kappa shape index (κ1) is 22.6. The van der Waals surface area contributed by atoms with Crippen LogP contribution >= 0.6 is 0 Å². The number of hydrogen-bond acceptors (Lipinski definition) is 5. The van der Waals surface area contributed by atoms with Gasteiger partial charge in [-0.05, 0) is 54.2 Å². The minimum absolute atomic E-state index is 0.0616. The van der Waals surface area contributed by atoms with Gasteiger partial charge in [-0.25, -0.2) is 8.42 Å². The molecule has 0 aliphatic carbocycles. The van der Waals surface area contributed by atoms with Gasteiger partial charge in [0, 0.05) is 25.0 Å². The summed E-state index contributed by atoms with van der Waals surface area (Å²) in [6.45, 7) is 7.30. The Hall–Kier alpha value is -2.58. The molecule has 0 saturated carbocycles. The first-order valence-electron chi connectivity index (χ1n) is 11.0. The Morgan fingerprint density at radius 3 is 2.38 bits per heavy atom. The normalized spacial score (nSPS) is 18.0. The number of hydrogen-bond donors (Lipinski definition) is 1. The highest BCUT2D eigenvalue weighted by atomic mass is 32.2. The standard InChI is InChI=1S/C24H30N2O5S/c1-17(2)19-5-7-20(8-6-19)32(28,29)26-12-10-24(3,11-13-26)23(27)25-15-18-4-9-21-22(14-18)31-16-30-21/h4-9,14,17H,10-13,15-16H2,1-3H3,(H,25,27). The largest absolute Gasteiger partial charge is 0.454 e. The molecule has 1 fully saturated rings. The van der Waals surface area contributed by atoms with Gasteiger partial charge >= 0.3 is 0 Å². The van der Waals surface area contributed by atoms with Crippen LogP contribution in [0.5, 0.6) is 11.5 Å². The number of nitrogens with one attached hydrogen (secondary N) is 1. The second-order valence-corrected chi connectivity index (χ2v) is 11.0. The van der Waals surface area contributed by atoms with E-state index in [2.05, 4.69) is 19.2 Å². The topological polar surface area (TPSA) is 84.9 Å². The Labute approximate surface area is 189 Å². The Bertz CT molecular complexity index is 1090. The third-order valence-electron chi connectivity index (χ3n) is 6.45. The van der Waals surface area contributed by atoms with Crippen molar-refractivity contribution in [1.82, 2.24) is 9.62 Å². The SMILES string of the molecule is CC(C)c1ccc(S(=O)(=O)N2CCC(C)(C(=O)NCc3ccc4c(c3)OCO4)CC2)cc1. The van der Waals surface area contributed by atoms with Gasteiger partial charge in [0.15, 0.2) is 11.5 Å². The van der Waals surface area contributed by atoms with Crippen LogP contribution < -0.4 is 14.8 Å². The van der Waals surface area contributed by atoms with Crippen LogP contribution in [0, 0.1) is 5.41 Å². The molecule has 2 aromatic rings. The Balaban J connectivity index is 1.35. The molecule has 0 unspecified atom stereocenters. The molecule has 7 nitrogen and oxygen atoms in total. The van der Waals surface area contributed by atoms with Gasteiger partial charge in [0.05, 0.1) is 4.90 Å². The van der Waals surface area contributed by atoms with Gasteiger partial charge in [-0.2, -0.15) is 4.31 Å². The molecular weight excluding hydrogens is 428 g/mol. The first-order chi connectivity index (χ1) is 15.2. The number of nitrogens with zero attached hydrogens (tertiary/aromatic N) is 1. The number of carbonyl (C=O) groups is 1. The van der Waals surface area contributed by atoms with Crippen LogP contribution in [0.15, 0.2) is 47.4 Å². The molecule has 2 aliphatic rings. The number of sulfonamides is 1. The number of fused-ring (bicyclic) bond motifs is 1. The molecule has 172 valence electrons. The van der Waals surface area contributed by atoms with E-state index in [1.54, 1.807) is 12.1 Å². The van der Waals surface area contributed by atoms with Crippen molar-refractivity contribution in [2.75, 3.05) is 19.9 Å². The van der Waals surface area contributed by atoms with E-state index in [9.17, 15) is 13.2 Å². The summed E-state index contributed by atoms with van der Waals surface area (Å²) in [4.78, 5) is 13.2. The zero-order valence-electron chi connectivity index (χ0n) is 18.8. The zero-order valence-corrected chi connectivity index (χ0v) is 19.6. The molecule has 2 aromatic carbocycles. The molecule has 8 heteroatoms. The monoisotopic (exact) mass is 458 g/mol. The van der Waals surface area contributed by atoms with Crippen molar-refractivity contribution in [3.8, 4) is 11.5 Å². The number of piperidine rings is 1. The second-order valence-electron chi connectivity index (χ2n) is 9.06. The molecule has 0 aromatic heterocycles. The fraction of sp³-hybridized carbons (Fsp3) is 0.458. The van der Waals surface area contributed by atoms with E-state index < -0.39 is 15.4 Å². The van der Waals surface area contributed by atoms with Crippen LogP contribution in [0.4, 0.5) is 0 Å². The zero-order chi connectivity index (χ0) is 22.9. The number of carbonyl (C=O) groups excluding carboxylic acids is 1. The van der Waals surface area contributed by atoms with Crippen LogP contribution in [0.2, 0.25) is 0 Å². The number of amides is 1. The first-order valence-corrected chi connectivity index (χ1v) is 12.4. The highest BCUT2D eigenvalue weighted by molar-refractivity contribution is 7.89. The smallest absolute Gasteiger partial charge is 0.243 e. The van der Waals surface area contributed by atoms with Crippen LogP contribution in [-0.4, -0.2) is 38.5 Å². The maximum absolute atomic E-state index is 13.1. The molecule has 1 N–H and O–H groups in total. The third-order valence-corrected chi connectivity index (χ3v) is 8.36. The highest BCUT2D eigenvalue weighted by Crippen LogP contribution is 2.35. The quantitative estimate of drug-likeness (QED) is 0.714. The van der Waals surface area contributed by atoms with Gasteiger partial charge in [0.25, 0.3) is 0 Å². The van der Waals surface area contributed by atoms with Crippen LogP contribution in [0.1, 0.15) is 50.7 Å². The minimum atomic E-state index is -3.57. The van der Waals surface area contributed by atoms with E-state index in [0.717, 1.165) is 11.1 Å². The molecule has 0 spiro atoms. The molecule has 1 amide bonds. The van der Waals surface area contributed by atoms with Crippen molar-refractivity contribution >= 4 is 15.9 Å². The van der Waals surface area contributed by atoms with Crippen molar-refractivity contribution in [2.24, 2.45) is 5.41 Å². The Morgan fingerprint density at radius 2 is 1.72 bits per heavy atom. The van der Waals surface area contributed by atoms with Crippen molar-refractivity contribution < 1.29 is 22.7 Å². The van der Waals surface area contributed by atoms with E-state index in [1.165, 1.54) is 4.31 Å². The van der Waals surface area contributed by atoms with Gasteiger partial charge < -0.3 is 14.8 Å². The summed E-state index contributed by atoms with van der Waals surface area (Å²) in [5.41, 5.74) is 1.43. The predicted octanol–water partition coefficient (Wildman–Crippen LogP) is 3.65. The predicted molar refractivity (Wildman–Crippen MR) is 121 cm³/mol. The lowest BCUT2D eigenvalue weighted by Crippen LogP contribution is -2.48. The molecule has 0 bridgehead atoms. The van der Waals surface area contributed by atoms with Crippen molar-refractivity contribution in [2.45, 2.75) is 51.0 Å². The average molecular weight is 459 g/mol. The van der Waals surface area contributed by atoms with Gasteiger partial charge in [-0.3, -0.25) is 4.79 Å². The van der Waals surface area contributed by atoms with Crippen LogP contribution in [-0.2, 0) is 21.4 Å². The summed E-state index contributed by atoms with van der Waals surface area (Å²) in [5, 5.41) is 3.00. The van der Waals surface area contributed by atoms with E-state index in [-0.39, 0.29) is 12.7 Å². The molecular formula is C24H30N2O5S. The lowest BCUT2D eigenvalue weighted by atomic mass is 9.80. The lowest BCUT2D eigenvalue weighted by Gasteiger charge is -2.37. The summed E-state index contributed by atoms with van der Waals surface area (Å²) in [7, 11) is -3.57. The van der Waals surface area contributed by atoms with Crippen molar-refractivity contribution in [3.05, 3.63) is 53.6 Å². The third kappa shape index (κ3) is 4.47. The number of rotatable bonds is 6. The molecule has 2 aliphatic heterocycles. The van der Waals surface area contributed by atoms with Gasteiger partial charge in [-0.15, -0.1) is 0 Å². The molecule has 1 saturated heterocycles. The summed E-state index contributed by atoms with van der Waals surface area (Å²) in [6, 6.07) is 12.7. The summed E-state index contributed by atoms with van der Waals surface area (Å²) in [6.07, 6.45) is 0.951. The van der Waals surface area contributed by atoms with Gasteiger partial charge in [0.1, 0.15) is 0 Å². The minimum Gasteiger partial charge on any atom is -0.454 e. The van der Waals surface area contributed by atoms with Crippen molar-refractivity contribution in [1.29, 1.82) is 0 Å². The van der Waals surface area contributed by atoms with E-state index >= 15 is 0 Å². The molecule has 0 atom stereocenters. The fourth-order valence-electron chi connectivity index (χ4n) is 4.07. The van der Waals surface area contributed by atoms with E-state index in [1.807, 2.05) is 37.3 Å².